The van der Waals surface area contributed by atoms with Crippen molar-refractivity contribution < 1.29 is 4.79 Å². The van der Waals surface area contributed by atoms with Gasteiger partial charge in [0.15, 0.2) is 12.4 Å². The molecule has 0 amide bonds. The lowest BCUT2D eigenvalue weighted by Gasteiger charge is -1.96. The van der Waals surface area contributed by atoms with E-state index in [4.69, 9.17) is 5.26 Å². The van der Waals surface area contributed by atoms with Crippen molar-refractivity contribution in [1.82, 2.24) is 0 Å². The van der Waals surface area contributed by atoms with Crippen LogP contribution in [-0.2, 0) is 0 Å². The van der Waals surface area contributed by atoms with E-state index in [1.807, 2.05) is 13.0 Å². The van der Waals surface area contributed by atoms with Crippen LogP contribution in [0, 0.1) is 30.1 Å². The quantitative estimate of drug-likeness (QED) is 0.474. The zero-order chi connectivity index (χ0) is 9.68. The summed E-state index contributed by atoms with van der Waals surface area (Å²) < 4.78 is 0. The summed E-state index contributed by atoms with van der Waals surface area (Å²) in [6.45, 7) is 1.91. The number of rotatable bonds is 1. The van der Waals surface area contributed by atoms with E-state index in [0.717, 1.165) is 11.8 Å². The number of nitriles is 1. The van der Waals surface area contributed by atoms with Gasteiger partial charge in [0.1, 0.15) is 0 Å². The molecule has 0 aliphatic carbocycles. The number of carbonyl (C=O) groups is 1. The van der Waals surface area contributed by atoms with Gasteiger partial charge in [0, 0.05) is 17.0 Å². The van der Waals surface area contributed by atoms with E-state index in [2.05, 4.69) is 11.8 Å². The highest BCUT2D eigenvalue weighted by molar-refractivity contribution is 5.79. The molecule has 0 bridgehead atoms. The van der Waals surface area contributed by atoms with Crippen molar-refractivity contribution in [3.8, 4) is 17.9 Å². The van der Waals surface area contributed by atoms with E-state index < -0.39 is 0 Å². The second-order valence-electron chi connectivity index (χ2n) is 2.57. The number of carbonyl (C=O) groups excluding carboxylic acids is 1. The first kappa shape index (κ1) is 9.03. The minimum atomic E-state index is 0.522. The van der Waals surface area contributed by atoms with Crippen molar-refractivity contribution in [2.24, 2.45) is 0 Å². The van der Waals surface area contributed by atoms with Crippen LogP contribution in [0.3, 0.4) is 0 Å². The summed E-state index contributed by atoms with van der Waals surface area (Å²) in [4.78, 5) is 10.6. The molecule has 1 aromatic rings. The zero-order valence-corrected chi connectivity index (χ0v) is 7.16. The van der Waals surface area contributed by atoms with Crippen LogP contribution in [0.5, 0.6) is 0 Å². The summed E-state index contributed by atoms with van der Waals surface area (Å²) in [6, 6.07) is 7.03. The number of aldehydes is 1. The lowest BCUT2D eigenvalue weighted by atomic mass is 10.1. The molecule has 0 unspecified atom stereocenters. The Morgan fingerprint density at radius 3 is 2.85 bits per heavy atom. The highest BCUT2D eigenvalue weighted by atomic mass is 16.1. The van der Waals surface area contributed by atoms with Gasteiger partial charge in [-0.25, -0.2) is 0 Å². The largest absolute Gasteiger partial charge is 0.298 e. The molecule has 13 heavy (non-hydrogen) atoms. The third-order valence-electron chi connectivity index (χ3n) is 1.59. The highest BCUT2D eigenvalue weighted by Gasteiger charge is 1.97. The number of nitrogens with zero attached hydrogens (tertiary/aromatic N) is 1. The standard InChI is InChI=1S/C11H7NO/c1-9-4-5-11(8-13)10(7-9)3-2-6-12/h4-5,7-8H,1H3. The lowest BCUT2D eigenvalue weighted by molar-refractivity contribution is 0.112. The van der Waals surface area contributed by atoms with Crippen LogP contribution >= 0.6 is 0 Å². The first-order valence-corrected chi connectivity index (χ1v) is 3.74. The van der Waals surface area contributed by atoms with Crippen LogP contribution in [0.25, 0.3) is 0 Å². The van der Waals surface area contributed by atoms with E-state index in [9.17, 15) is 4.79 Å². The Morgan fingerprint density at radius 2 is 2.23 bits per heavy atom. The second-order valence-corrected chi connectivity index (χ2v) is 2.57. The van der Waals surface area contributed by atoms with Crippen LogP contribution < -0.4 is 0 Å². The molecular formula is C11H7NO. The molecule has 0 saturated heterocycles. The Labute approximate surface area is 76.8 Å². The maximum atomic E-state index is 10.6. The molecule has 0 radical (unpaired) electrons. The van der Waals surface area contributed by atoms with Gasteiger partial charge >= 0.3 is 0 Å². The first-order chi connectivity index (χ1) is 6.27. The van der Waals surface area contributed by atoms with E-state index in [0.29, 0.717) is 11.1 Å². The highest BCUT2D eigenvalue weighted by Crippen LogP contribution is 2.07. The van der Waals surface area contributed by atoms with Gasteiger partial charge in [-0.1, -0.05) is 12.1 Å². The number of aryl methyl sites for hydroxylation is 1. The molecule has 1 rings (SSSR count). The normalized spacial score (nSPS) is 8.00. The van der Waals surface area contributed by atoms with Crippen LogP contribution in [0.1, 0.15) is 21.5 Å². The topological polar surface area (TPSA) is 40.9 Å². The third-order valence-corrected chi connectivity index (χ3v) is 1.59. The van der Waals surface area contributed by atoms with Gasteiger partial charge in [-0.05, 0) is 24.5 Å². The molecule has 2 heteroatoms. The summed E-state index contributed by atoms with van der Waals surface area (Å²) >= 11 is 0. The molecule has 0 N–H and O–H groups in total. The van der Waals surface area contributed by atoms with Gasteiger partial charge in [-0.3, -0.25) is 4.79 Å². The van der Waals surface area contributed by atoms with Crippen molar-refractivity contribution in [3.63, 3.8) is 0 Å². The van der Waals surface area contributed by atoms with Crippen LogP contribution in [-0.4, -0.2) is 6.29 Å². The van der Waals surface area contributed by atoms with Gasteiger partial charge in [0.2, 0.25) is 0 Å². The van der Waals surface area contributed by atoms with Crippen LogP contribution in [0.4, 0.5) is 0 Å². The minimum absolute atomic E-state index is 0.522. The molecule has 0 heterocycles. The van der Waals surface area contributed by atoms with Gasteiger partial charge in [-0.15, -0.1) is 0 Å². The van der Waals surface area contributed by atoms with Crippen molar-refractivity contribution in [1.29, 1.82) is 5.26 Å². The van der Waals surface area contributed by atoms with Crippen LogP contribution in [0.2, 0.25) is 0 Å². The van der Waals surface area contributed by atoms with Crippen molar-refractivity contribution >= 4 is 6.29 Å². The molecule has 0 fully saturated rings. The zero-order valence-electron chi connectivity index (χ0n) is 7.16. The SMILES string of the molecule is Cc1ccc(C=O)c(C#CC#N)c1. The maximum Gasteiger partial charge on any atom is 0.152 e. The fourth-order valence-electron chi connectivity index (χ4n) is 0.976. The maximum absolute atomic E-state index is 10.6. The summed E-state index contributed by atoms with van der Waals surface area (Å²) in [5.74, 6) is 4.88. The monoisotopic (exact) mass is 169 g/mol. The molecule has 62 valence electrons. The van der Waals surface area contributed by atoms with Gasteiger partial charge in [-0.2, -0.15) is 5.26 Å². The van der Waals surface area contributed by atoms with Gasteiger partial charge in [0.05, 0.1) is 0 Å². The first-order valence-electron chi connectivity index (χ1n) is 3.74. The summed E-state index contributed by atoms with van der Waals surface area (Å²) in [7, 11) is 0. The second kappa shape index (κ2) is 4.09. The molecule has 0 spiro atoms. The molecule has 0 aliphatic heterocycles. The van der Waals surface area contributed by atoms with Crippen molar-refractivity contribution in [3.05, 3.63) is 34.9 Å². The molecule has 0 aromatic heterocycles. The average molecular weight is 169 g/mol. The summed E-state index contributed by atoms with van der Waals surface area (Å²) in [5.41, 5.74) is 2.15. The third kappa shape index (κ3) is 2.18. The lowest BCUT2D eigenvalue weighted by Crippen LogP contribution is -1.87. The Hall–Kier alpha value is -2.06. The van der Waals surface area contributed by atoms with Crippen molar-refractivity contribution in [2.45, 2.75) is 6.92 Å². The smallest absolute Gasteiger partial charge is 0.152 e. The number of hydrogen-bond donors (Lipinski definition) is 0. The Bertz CT molecular complexity index is 430. The predicted octanol–water partition coefficient (Wildman–Crippen LogP) is 1.68. The van der Waals surface area contributed by atoms with Gasteiger partial charge in [0.25, 0.3) is 0 Å². The summed E-state index contributed by atoms with van der Waals surface area (Å²) in [6.07, 6.45) is 0.737. The van der Waals surface area contributed by atoms with E-state index >= 15 is 0 Å². The predicted molar refractivity (Wildman–Crippen MR) is 49.1 cm³/mol. The fourth-order valence-corrected chi connectivity index (χ4v) is 0.976. The molecule has 0 saturated carbocycles. The Balaban J connectivity index is 3.25. The Morgan fingerprint density at radius 1 is 1.46 bits per heavy atom. The molecular weight excluding hydrogens is 162 g/mol. The minimum Gasteiger partial charge on any atom is -0.298 e. The van der Waals surface area contributed by atoms with Crippen molar-refractivity contribution in [2.75, 3.05) is 0 Å². The van der Waals surface area contributed by atoms with Crippen LogP contribution in [0.15, 0.2) is 18.2 Å². The average Bonchev–Trinajstić information content (AvgIpc) is 2.15. The fraction of sp³-hybridized carbons (Fsp3) is 0.0909. The van der Waals surface area contributed by atoms with E-state index in [-0.39, 0.29) is 0 Å². The number of hydrogen-bond acceptors (Lipinski definition) is 2. The van der Waals surface area contributed by atoms with E-state index in [1.54, 1.807) is 18.2 Å². The summed E-state index contributed by atoms with van der Waals surface area (Å²) in [5, 5.41) is 8.25. The van der Waals surface area contributed by atoms with E-state index in [1.165, 1.54) is 0 Å². The molecule has 0 atom stereocenters. The Kier molecular flexibility index (Phi) is 2.84. The molecule has 0 aliphatic rings. The van der Waals surface area contributed by atoms with Gasteiger partial charge < -0.3 is 0 Å². The molecule has 1 aromatic carbocycles. The number of benzene rings is 1. The molecule has 2 nitrogen and oxygen atoms in total.